The minimum atomic E-state index is -0.332. The van der Waals surface area contributed by atoms with Crippen molar-refractivity contribution in [3.05, 3.63) is 65.7 Å². The van der Waals surface area contributed by atoms with E-state index in [1.165, 1.54) is 6.21 Å². The molecule has 0 aliphatic carbocycles. The average molecular weight is 292 g/mol. The van der Waals surface area contributed by atoms with Crippen molar-refractivity contribution in [1.82, 2.24) is 5.43 Å². The molecule has 4 nitrogen and oxygen atoms in total. The summed E-state index contributed by atoms with van der Waals surface area (Å²) in [7, 11) is 0. The SMILES string of the molecule is Cc1ccccc1OCC(=O)N/N=C/C#Cc1ccccc1. The minimum absolute atomic E-state index is 0.0890. The van der Waals surface area contributed by atoms with Crippen molar-refractivity contribution >= 4 is 12.1 Å². The van der Waals surface area contributed by atoms with Crippen molar-refractivity contribution in [2.45, 2.75) is 6.92 Å². The fourth-order valence-electron chi connectivity index (χ4n) is 1.67. The van der Waals surface area contributed by atoms with Gasteiger partial charge in [0.25, 0.3) is 5.91 Å². The van der Waals surface area contributed by atoms with Crippen LogP contribution in [0.1, 0.15) is 11.1 Å². The molecule has 0 aliphatic rings. The Hall–Kier alpha value is -3.06. The molecular weight excluding hydrogens is 276 g/mol. The van der Waals surface area contributed by atoms with Crippen molar-refractivity contribution in [1.29, 1.82) is 0 Å². The van der Waals surface area contributed by atoms with Crippen molar-refractivity contribution in [2.24, 2.45) is 5.10 Å². The average Bonchev–Trinajstić information content (AvgIpc) is 2.55. The Kier molecular flexibility index (Phi) is 5.77. The monoisotopic (exact) mass is 292 g/mol. The third kappa shape index (κ3) is 5.14. The Morgan fingerprint density at radius 1 is 1.18 bits per heavy atom. The number of nitrogens with zero attached hydrogens (tertiary/aromatic N) is 1. The lowest BCUT2D eigenvalue weighted by atomic mass is 10.2. The molecule has 0 fully saturated rings. The number of benzene rings is 2. The topological polar surface area (TPSA) is 50.7 Å². The van der Waals surface area contributed by atoms with Crippen molar-refractivity contribution in [3.63, 3.8) is 0 Å². The first-order valence-corrected chi connectivity index (χ1v) is 6.81. The summed E-state index contributed by atoms with van der Waals surface area (Å²) in [6.45, 7) is 1.83. The number of nitrogens with one attached hydrogen (secondary N) is 1. The summed E-state index contributed by atoms with van der Waals surface area (Å²) < 4.78 is 5.40. The van der Waals surface area contributed by atoms with Gasteiger partial charge in [-0.15, -0.1) is 0 Å². The second-order valence-electron chi connectivity index (χ2n) is 4.48. The molecule has 22 heavy (non-hydrogen) atoms. The Morgan fingerprint density at radius 3 is 2.68 bits per heavy atom. The van der Waals surface area contributed by atoms with Crippen molar-refractivity contribution < 1.29 is 9.53 Å². The normalized spacial score (nSPS) is 9.86. The maximum atomic E-state index is 11.6. The van der Waals surface area contributed by atoms with Crippen LogP contribution in [0.5, 0.6) is 5.75 Å². The quantitative estimate of drug-likeness (QED) is 0.535. The van der Waals surface area contributed by atoms with E-state index >= 15 is 0 Å². The van der Waals surface area contributed by atoms with Gasteiger partial charge in [0.1, 0.15) is 5.75 Å². The van der Waals surface area contributed by atoms with Crippen LogP contribution in [-0.4, -0.2) is 18.7 Å². The Morgan fingerprint density at radius 2 is 1.91 bits per heavy atom. The van der Waals surface area contributed by atoms with Crippen molar-refractivity contribution in [2.75, 3.05) is 6.61 Å². The molecule has 0 saturated carbocycles. The predicted molar refractivity (Wildman–Crippen MR) is 86.6 cm³/mol. The summed E-state index contributed by atoms with van der Waals surface area (Å²) in [6.07, 6.45) is 1.35. The van der Waals surface area contributed by atoms with Crippen LogP contribution in [0.2, 0.25) is 0 Å². The van der Waals surface area contributed by atoms with Gasteiger partial charge in [0.15, 0.2) is 6.61 Å². The number of para-hydroxylation sites is 1. The molecule has 0 atom stereocenters. The molecule has 0 spiro atoms. The zero-order valence-electron chi connectivity index (χ0n) is 12.2. The number of carbonyl (C=O) groups excluding carboxylic acids is 1. The number of hydrogen-bond acceptors (Lipinski definition) is 3. The van der Waals surface area contributed by atoms with Gasteiger partial charge in [-0.25, -0.2) is 5.43 Å². The molecule has 0 aromatic heterocycles. The molecule has 0 bridgehead atoms. The third-order valence-corrected chi connectivity index (χ3v) is 2.76. The summed E-state index contributed by atoms with van der Waals surface area (Å²) in [5.74, 6) is 6.00. The zero-order valence-corrected chi connectivity index (χ0v) is 12.2. The molecule has 1 N–H and O–H groups in total. The third-order valence-electron chi connectivity index (χ3n) is 2.76. The van der Waals surface area contributed by atoms with E-state index in [2.05, 4.69) is 22.4 Å². The van der Waals surface area contributed by atoms with Gasteiger partial charge in [-0.05, 0) is 36.6 Å². The first-order valence-electron chi connectivity index (χ1n) is 6.81. The molecule has 4 heteroatoms. The number of carbonyl (C=O) groups is 1. The summed E-state index contributed by atoms with van der Waals surface area (Å²) >= 11 is 0. The molecule has 110 valence electrons. The summed E-state index contributed by atoms with van der Waals surface area (Å²) in [5, 5.41) is 3.74. The largest absolute Gasteiger partial charge is 0.483 e. The van der Waals surface area contributed by atoms with E-state index in [0.717, 1.165) is 11.1 Å². The van der Waals surface area contributed by atoms with Gasteiger partial charge >= 0.3 is 0 Å². The van der Waals surface area contributed by atoms with Crippen LogP contribution in [0.15, 0.2) is 59.7 Å². The first-order chi connectivity index (χ1) is 10.8. The van der Waals surface area contributed by atoms with E-state index in [9.17, 15) is 4.79 Å². The molecule has 1 amide bonds. The van der Waals surface area contributed by atoms with Crippen LogP contribution in [-0.2, 0) is 4.79 Å². The number of ether oxygens (including phenoxy) is 1. The molecule has 2 rings (SSSR count). The molecule has 0 radical (unpaired) electrons. The minimum Gasteiger partial charge on any atom is -0.483 e. The fraction of sp³-hybridized carbons (Fsp3) is 0.111. The molecule has 0 aliphatic heterocycles. The van der Waals surface area contributed by atoms with Crippen LogP contribution in [0.3, 0.4) is 0 Å². The van der Waals surface area contributed by atoms with E-state index in [0.29, 0.717) is 5.75 Å². The van der Waals surface area contributed by atoms with Gasteiger partial charge in [0, 0.05) is 5.56 Å². The van der Waals surface area contributed by atoms with Crippen LogP contribution in [0.4, 0.5) is 0 Å². The predicted octanol–water partition coefficient (Wildman–Crippen LogP) is 2.53. The van der Waals surface area contributed by atoms with Gasteiger partial charge in [-0.3, -0.25) is 4.79 Å². The van der Waals surface area contributed by atoms with Gasteiger partial charge < -0.3 is 4.74 Å². The lowest BCUT2D eigenvalue weighted by Crippen LogP contribution is -2.24. The Labute approximate surface area is 129 Å². The highest BCUT2D eigenvalue weighted by Gasteiger charge is 2.02. The van der Waals surface area contributed by atoms with E-state index in [-0.39, 0.29) is 12.5 Å². The second-order valence-corrected chi connectivity index (χ2v) is 4.48. The maximum absolute atomic E-state index is 11.6. The zero-order chi connectivity index (χ0) is 15.6. The van der Waals surface area contributed by atoms with Gasteiger partial charge in [-0.1, -0.05) is 42.3 Å². The van der Waals surface area contributed by atoms with E-state index in [4.69, 9.17) is 4.74 Å². The summed E-state index contributed by atoms with van der Waals surface area (Å²) in [4.78, 5) is 11.6. The molecule has 0 saturated heterocycles. The highest BCUT2D eigenvalue weighted by molar-refractivity contribution is 5.82. The standard InChI is InChI=1S/C18H16N2O2/c1-15-8-5-6-12-17(15)22-14-18(21)20-19-13-7-11-16-9-3-2-4-10-16/h2-6,8-10,12-13H,14H2,1H3,(H,20,21)/b19-13+. The molecular formula is C18H16N2O2. The maximum Gasteiger partial charge on any atom is 0.277 e. The van der Waals surface area contributed by atoms with Crippen LogP contribution >= 0.6 is 0 Å². The highest BCUT2D eigenvalue weighted by Crippen LogP contribution is 2.15. The summed E-state index contributed by atoms with van der Waals surface area (Å²) in [6, 6.07) is 17.0. The highest BCUT2D eigenvalue weighted by atomic mass is 16.5. The first kappa shape index (κ1) is 15.3. The molecule has 2 aromatic rings. The molecule has 0 heterocycles. The van der Waals surface area contributed by atoms with Crippen LogP contribution in [0.25, 0.3) is 0 Å². The summed E-state index contributed by atoms with van der Waals surface area (Å²) in [5.41, 5.74) is 4.23. The second kappa shape index (κ2) is 8.28. The molecule has 2 aromatic carbocycles. The van der Waals surface area contributed by atoms with Gasteiger partial charge in [0.2, 0.25) is 0 Å². The lowest BCUT2D eigenvalue weighted by Gasteiger charge is -2.07. The smallest absolute Gasteiger partial charge is 0.277 e. The Bertz CT molecular complexity index is 713. The van der Waals surface area contributed by atoms with Crippen LogP contribution < -0.4 is 10.2 Å². The number of hydrazone groups is 1. The Balaban J connectivity index is 1.75. The molecule has 0 unspecified atom stereocenters. The van der Waals surface area contributed by atoms with E-state index in [1.54, 1.807) is 0 Å². The number of rotatable bonds is 4. The fourth-order valence-corrected chi connectivity index (χ4v) is 1.67. The number of aryl methyl sites for hydroxylation is 1. The lowest BCUT2D eigenvalue weighted by molar-refractivity contribution is -0.123. The number of hydrogen-bond donors (Lipinski definition) is 1. The number of amides is 1. The van der Waals surface area contributed by atoms with Gasteiger partial charge in [0.05, 0.1) is 6.21 Å². The van der Waals surface area contributed by atoms with Crippen molar-refractivity contribution in [3.8, 4) is 17.6 Å². The van der Waals surface area contributed by atoms with E-state index < -0.39 is 0 Å². The van der Waals surface area contributed by atoms with Crippen LogP contribution in [0, 0.1) is 18.8 Å². The van der Waals surface area contributed by atoms with E-state index in [1.807, 2.05) is 61.5 Å². The van der Waals surface area contributed by atoms with Gasteiger partial charge in [-0.2, -0.15) is 5.10 Å².